The van der Waals surface area contributed by atoms with Crippen LogP contribution in [0.2, 0.25) is 0 Å². The average Bonchev–Trinajstić information content (AvgIpc) is 3.29. The zero-order valence-electron chi connectivity index (χ0n) is 16.8. The maximum atomic E-state index is 13.6. The molecule has 1 saturated heterocycles. The Balaban J connectivity index is 1.78. The highest BCUT2D eigenvalue weighted by atomic mass is 32.2. The van der Waals surface area contributed by atoms with Crippen molar-refractivity contribution < 1.29 is 9.59 Å². The molecule has 2 aliphatic rings. The van der Waals surface area contributed by atoms with Gasteiger partial charge < -0.3 is 5.32 Å². The molecule has 7 nitrogen and oxygen atoms in total. The van der Waals surface area contributed by atoms with Crippen molar-refractivity contribution in [2.24, 2.45) is 7.05 Å². The molecular weight excluding hydrogens is 400 g/mol. The van der Waals surface area contributed by atoms with Crippen LogP contribution < -0.4 is 15.8 Å². The summed E-state index contributed by atoms with van der Waals surface area (Å²) < 4.78 is 3.25. The number of nitrogens with zero attached hydrogens (tertiary/aromatic N) is 3. The molecule has 2 aliphatic heterocycles. The number of fused-ring (bicyclic) bond motifs is 2. The number of carbonyl (C=O) groups is 2. The number of para-hydroxylation sites is 1. The normalized spacial score (nSPS) is 20.2. The highest BCUT2D eigenvalue weighted by Crippen LogP contribution is 2.53. The van der Waals surface area contributed by atoms with Gasteiger partial charge >= 0.3 is 0 Å². The van der Waals surface area contributed by atoms with Gasteiger partial charge in [0.25, 0.3) is 11.5 Å². The molecule has 1 aromatic heterocycles. The van der Waals surface area contributed by atoms with Crippen LogP contribution in [0.3, 0.4) is 0 Å². The van der Waals surface area contributed by atoms with Gasteiger partial charge in [-0.2, -0.15) is 0 Å². The van der Waals surface area contributed by atoms with Crippen LogP contribution >= 0.6 is 11.8 Å². The Bertz CT molecular complexity index is 1280. The lowest BCUT2D eigenvalue weighted by molar-refractivity contribution is -0.122. The summed E-state index contributed by atoms with van der Waals surface area (Å²) in [5, 5.41) is 2.90. The number of rotatable bonds is 2. The zero-order chi connectivity index (χ0) is 21.2. The topological polar surface area (TPSA) is 76.3 Å². The van der Waals surface area contributed by atoms with Gasteiger partial charge in [-0.25, -0.2) is 4.68 Å². The van der Waals surface area contributed by atoms with Crippen LogP contribution in [0.5, 0.6) is 0 Å². The molecule has 2 aromatic carbocycles. The summed E-state index contributed by atoms with van der Waals surface area (Å²) in [6, 6.07) is 14.9. The minimum Gasteiger partial charge on any atom is -0.323 e. The first-order valence-corrected chi connectivity index (χ1v) is 10.6. The monoisotopic (exact) mass is 420 g/mol. The van der Waals surface area contributed by atoms with Crippen LogP contribution in [0.25, 0.3) is 5.69 Å². The molecule has 1 N–H and O–H groups in total. The van der Waals surface area contributed by atoms with Crippen molar-refractivity contribution in [2.45, 2.75) is 18.7 Å². The lowest BCUT2D eigenvalue weighted by atomic mass is 10.0. The summed E-state index contributed by atoms with van der Waals surface area (Å²) in [5.74, 6) is -0.428. The number of aromatic nitrogens is 2. The van der Waals surface area contributed by atoms with Crippen LogP contribution in [0, 0.1) is 13.8 Å². The Morgan fingerprint density at radius 3 is 2.50 bits per heavy atom. The van der Waals surface area contributed by atoms with Crippen molar-refractivity contribution in [2.75, 3.05) is 16.0 Å². The lowest BCUT2D eigenvalue weighted by Crippen LogP contribution is -2.49. The first-order valence-electron chi connectivity index (χ1n) is 9.60. The second-order valence-electron chi connectivity index (χ2n) is 7.58. The maximum absolute atomic E-state index is 13.6. The first-order chi connectivity index (χ1) is 14.4. The zero-order valence-corrected chi connectivity index (χ0v) is 17.6. The van der Waals surface area contributed by atoms with Crippen LogP contribution in [0.1, 0.15) is 16.8 Å². The van der Waals surface area contributed by atoms with E-state index in [1.165, 1.54) is 21.3 Å². The van der Waals surface area contributed by atoms with Crippen molar-refractivity contribution in [3.63, 3.8) is 0 Å². The van der Waals surface area contributed by atoms with Gasteiger partial charge in [-0.3, -0.25) is 24.0 Å². The van der Waals surface area contributed by atoms with Crippen molar-refractivity contribution >= 4 is 35.0 Å². The van der Waals surface area contributed by atoms with E-state index < -0.39 is 4.87 Å². The third-order valence-corrected chi connectivity index (χ3v) is 7.21. The number of hydrogen-bond donors (Lipinski definition) is 1. The SMILES string of the molecule is Cc1ccc2c(c1)C1(SCC(=O)N1c1c(C)n(C)n(-c3ccccc3)c1=O)C(=O)N2. The minimum atomic E-state index is -1.28. The predicted octanol–water partition coefficient (Wildman–Crippen LogP) is 2.68. The molecule has 30 heavy (non-hydrogen) atoms. The van der Waals surface area contributed by atoms with Gasteiger partial charge in [-0.1, -0.05) is 35.9 Å². The third-order valence-electron chi connectivity index (χ3n) is 5.81. The van der Waals surface area contributed by atoms with Crippen LogP contribution in [0.4, 0.5) is 11.4 Å². The summed E-state index contributed by atoms with van der Waals surface area (Å²) in [7, 11) is 1.78. The Morgan fingerprint density at radius 2 is 1.77 bits per heavy atom. The molecule has 0 bridgehead atoms. The van der Waals surface area contributed by atoms with E-state index in [-0.39, 0.29) is 28.8 Å². The molecule has 1 unspecified atom stereocenters. The highest BCUT2D eigenvalue weighted by Gasteiger charge is 2.59. The van der Waals surface area contributed by atoms with Crippen LogP contribution in [-0.2, 0) is 21.5 Å². The minimum absolute atomic E-state index is 0.125. The summed E-state index contributed by atoms with van der Waals surface area (Å²) in [6.07, 6.45) is 0. The van der Waals surface area contributed by atoms with Crippen molar-refractivity contribution in [3.05, 3.63) is 75.7 Å². The number of hydrogen-bond acceptors (Lipinski definition) is 4. The number of aryl methyl sites for hydroxylation is 1. The fourth-order valence-electron chi connectivity index (χ4n) is 4.31. The number of carbonyl (C=O) groups excluding carboxylic acids is 2. The van der Waals surface area contributed by atoms with E-state index in [4.69, 9.17) is 0 Å². The van der Waals surface area contributed by atoms with Crippen LogP contribution in [-0.4, -0.2) is 26.9 Å². The fourth-order valence-corrected chi connectivity index (χ4v) is 5.60. The molecule has 5 rings (SSSR count). The molecule has 0 saturated carbocycles. The summed E-state index contributed by atoms with van der Waals surface area (Å²) in [4.78, 5) is 40.1. The fraction of sp³-hybridized carbons (Fsp3) is 0.227. The first kappa shape index (κ1) is 18.7. The number of amides is 2. The smallest absolute Gasteiger partial charge is 0.295 e. The Hall–Kier alpha value is -3.26. The summed E-state index contributed by atoms with van der Waals surface area (Å²) >= 11 is 1.26. The van der Waals surface area contributed by atoms with Gasteiger partial charge in [0, 0.05) is 18.3 Å². The summed E-state index contributed by atoms with van der Waals surface area (Å²) in [6.45, 7) is 3.74. The second kappa shape index (κ2) is 6.37. The number of nitrogens with one attached hydrogen (secondary N) is 1. The number of thioether (sulfide) groups is 1. The molecule has 1 atom stereocenters. The molecule has 8 heteroatoms. The molecule has 1 spiro atoms. The summed E-state index contributed by atoms with van der Waals surface area (Å²) in [5.41, 5.74) is 3.60. The number of anilines is 2. The molecule has 0 aliphatic carbocycles. The van der Waals surface area contributed by atoms with Crippen LogP contribution in [0.15, 0.2) is 53.3 Å². The molecular formula is C22H20N4O3S. The van der Waals surface area contributed by atoms with E-state index in [1.807, 2.05) is 55.5 Å². The molecule has 3 heterocycles. The van der Waals surface area contributed by atoms with Crippen molar-refractivity contribution in [3.8, 4) is 5.69 Å². The van der Waals surface area contributed by atoms with E-state index >= 15 is 0 Å². The van der Waals surface area contributed by atoms with Crippen molar-refractivity contribution in [1.29, 1.82) is 0 Å². The van der Waals surface area contributed by atoms with E-state index in [9.17, 15) is 14.4 Å². The van der Waals surface area contributed by atoms with E-state index in [1.54, 1.807) is 18.7 Å². The lowest BCUT2D eigenvalue weighted by Gasteiger charge is -2.31. The standard InChI is InChI=1S/C22H20N4O3S/c1-13-9-10-17-16(11-13)22(21(29)23-17)25(18(27)12-30-22)19-14(2)24(3)26(20(19)28)15-7-5-4-6-8-15/h4-11H,12H2,1-3H3,(H,23,29). The quantitative estimate of drug-likeness (QED) is 0.692. The van der Waals surface area contributed by atoms with E-state index in [0.717, 1.165) is 11.1 Å². The molecule has 1 fully saturated rings. The Kier molecular flexibility index (Phi) is 3.98. The van der Waals surface area contributed by atoms with Gasteiger partial charge in [-0.15, -0.1) is 11.8 Å². The third kappa shape index (κ3) is 2.31. The molecule has 152 valence electrons. The number of benzene rings is 2. The Labute approximate surface area is 177 Å². The van der Waals surface area contributed by atoms with Crippen molar-refractivity contribution in [1.82, 2.24) is 9.36 Å². The van der Waals surface area contributed by atoms with Gasteiger partial charge in [-0.05, 0) is 32.0 Å². The van der Waals surface area contributed by atoms with E-state index in [0.29, 0.717) is 17.1 Å². The van der Waals surface area contributed by atoms with Gasteiger partial charge in [0.2, 0.25) is 10.8 Å². The molecule has 0 radical (unpaired) electrons. The molecule has 3 aromatic rings. The molecule has 2 amide bonds. The second-order valence-corrected chi connectivity index (χ2v) is 8.74. The Morgan fingerprint density at radius 1 is 1.03 bits per heavy atom. The predicted molar refractivity (Wildman–Crippen MR) is 117 cm³/mol. The van der Waals surface area contributed by atoms with Gasteiger partial charge in [0.1, 0.15) is 5.69 Å². The van der Waals surface area contributed by atoms with Gasteiger partial charge in [0.05, 0.1) is 17.1 Å². The average molecular weight is 420 g/mol. The largest absolute Gasteiger partial charge is 0.323 e. The van der Waals surface area contributed by atoms with E-state index in [2.05, 4.69) is 5.32 Å². The van der Waals surface area contributed by atoms with Gasteiger partial charge in [0.15, 0.2) is 0 Å². The highest BCUT2D eigenvalue weighted by molar-refractivity contribution is 8.02. The maximum Gasteiger partial charge on any atom is 0.295 e.